The third-order valence-electron chi connectivity index (χ3n) is 4.25. The van der Waals surface area contributed by atoms with Gasteiger partial charge in [0.05, 0.1) is 12.6 Å². The maximum Gasteiger partial charge on any atom is 0.221 e. The molecular formula is C19H21NO2. The number of hydrogen-bond donors (Lipinski definition) is 1. The third kappa shape index (κ3) is 3.30. The minimum absolute atomic E-state index is 0.122. The van der Waals surface area contributed by atoms with Gasteiger partial charge in [-0.25, -0.2) is 0 Å². The number of methoxy groups -OCH3 is 1. The monoisotopic (exact) mass is 295 g/mol. The molecule has 0 radical (unpaired) electrons. The number of carbonyl (C=O) groups is 1. The summed E-state index contributed by atoms with van der Waals surface area (Å²) >= 11 is 0. The van der Waals surface area contributed by atoms with Gasteiger partial charge >= 0.3 is 0 Å². The van der Waals surface area contributed by atoms with E-state index in [0.29, 0.717) is 6.42 Å². The smallest absolute Gasteiger partial charge is 0.221 e. The van der Waals surface area contributed by atoms with Crippen LogP contribution in [0.25, 0.3) is 0 Å². The van der Waals surface area contributed by atoms with Crippen LogP contribution in [0, 0.1) is 0 Å². The summed E-state index contributed by atoms with van der Waals surface area (Å²) in [5.41, 5.74) is 2.22. The molecule has 0 atom stereocenters. The zero-order valence-corrected chi connectivity index (χ0v) is 12.8. The number of rotatable bonds is 6. The van der Waals surface area contributed by atoms with E-state index >= 15 is 0 Å². The Hall–Kier alpha value is -2.29. The van der Waals surface area contributed by atoms with Gasteiger partial charge in [0, 0.05) is 6.42 Å². The molecule has 1 fully saturated rings. The highest BCUT2D eigenvalue weighted by atomic mass is 16.5. The summed E-state index contributed by atoms with van der Waals surface area (Å²) in [6.45, 7) is 0. The predicted molar refractivity (Wildman–Crippen MR) is 86.8 cm³/mol. The van der Waals surface area contributed by atoms with Crippen molar-refractivity contribution >= 4 is 5.91 Å². The molecule has 1 saturated carbocycles. The van der Waals surface area contributed by atoms with E-state index in [1.165, 1.54) is 11.1 Å². The average molecular weight is 295 g/mol. The Morgan fingerprint density at radius 1 is 1.09 bits per heavy atom. The molecule has 22 heavy (non-hydrogen) atoms. The predicted octanol–water partition coefficient (Wildman–Crippen LogP) is 3.43. The molecule has 1 aliphatic carbocycles. The van der Waals surface area contributed by atoms with Crippen molar-refractivity contribution in [2.45, 2.75) is 31.2 Å². The Labute approximate surface area is 131 Å². The molecule has 2 aromatic rings. The van der Waals surface area contributed by atoms with Gasteiger partial charge in [-0.15, -0.1) is 0 Å². The van der Waals surface area contributed by atoms with E-state index in [-0.39, 0.29) is 11.4 Å². The molecule has 1 aliphatic rings. The molecule has 3 heteroatoms. The molecule has 2 aromatic carbocycles. The first-order valence-corrected chi connectivity index (χ1v) is 7.71. The minimum atomic E-state index is -0.153. The summed E-state index contributed by atoms with van der Waals surface area (Å²) in [6, 6.07) is 18.1. The number of amides is 1. The summed E-state index contributed by atoms with van der Waals surface area (Å²) in [7, 11) is 1.66. The molecule has 1 N–H and O–H groups in total. The van der Waals surface area contributed by atoms with Gasteiger partial charge in [0.15, 0.2) is 0 Å². The second-order valence-electron chi connectivity index (χ2n) is 5.84. The van der Waals surface area contributed by atoms with Gasteiger partial charge in [-0.1, -0.05) is 42.5 Å². The van der Waals surface area contributed by atoms with E-state index in [9.17, 15) is 4.79 Å². The Kier molecular flexibility index (Phi) is 4.14. The topological polar surface area (TPSA) is 38.3 Å². The van der Waals surface area contributed by atoms with Crippen LogP contribution in [0.5, 0.6) is 5.75 Å². The van der Waals surface area contributed by atoms with Crippen LogP contribution in [0.3, 0.4) is 0 Å². The summed E-state index contributed by atoms with van der Waals surface area (Å²) in [5.74, 6) is 0.965. The second-order valence-corrected chi connectivity index (χ2v) is 5.84. The molecule has 0 saturated heterocycles. The second kappa shape index (κ2) is 6.22. The van der Waals surface area contributed by atoms with E-state index < -0.39 is 0 Å². The standard InChI is InChI=1S/C19H21NO2/c1-22-17-10-8-16(9-11-17)19(13-14-19)20-18(21)12-7-15-5-3-2-4-6-15/h2-6,8-11H,7,12-14H2,1H3,(H,20,21). The van der Waals surface area contributed by atoms with Gasteiger partial charge in [0.25, 0.3) is 0 Å². The molecule has 0 unspecified atom stereocenters. The van der Waals surface area contributed by atoms with Gasteiger partial charge < -0.3 is 10.1 Å². The number of nitrogens with one attached hydrogen (secondary N) is 1. The largest absolute Gasteiger partial charge is 0.497 e. The normalized spacial score (nSPS) is 15.1. The quantitative estimate of drug-likeness (QED) is 0.886. The van der Waals surface area contributed by atoms with E-state index in [1.54, 1.807) is 7.11 Å². The van der Waals surface area contributed by atoms with Gasteiger partial charge in [0.2, 0.25) is 5.91 Å². The Morgan fingerprint density at radius 3 is 2.36 bits per heavy atom. The highest BCUT2D eigenvalue weighted by molar-refractivity contribution is 5.78. The zero-order chi connectivity index (χ0) is 15.4. The molecule has 114 valence electrons. The minimum Gasteiger partial charge on any atom is -0.497 e. The highest BCUT2D eigenvalue weighted by Crippen LogP contribution is 2.45. The molecular weight excluding hydrogens is 274 g/mol. The molecule has 0 spiro atoms. The lowest BCUT2D eigenvalue weighted by molar-refractivity contribution is -0.122. The summed E-state index contributed by atoms with van der Waals surface area (Å²) in [5, 5.41) is 3.21. The first-order valence-electron chi connectivity index (χ1n) is 7.71. The Balaban J connectivity index is 1.58. The molecule has 0 aromatic heterocycles. The van der Waals surface area contributed by atoms with E-state index in [2.05, 4.69) is 17.4 Å². The maximum absolute atomic E-state index is 12.2. The number of ether oxygens (including phenoxy) is 1. The average Bonchev–Trinajstić information content (AvgIpc) is 3.35. The van der Waals surface area contributed by atoms with Crippen LogP contribution in [-0.2, 0) is 16.8 Å². The summed E-state index contributed by atoms with van der Waals surface area (Å²) < 4.78 is 5.18. The Morgan fingerprint density at radius 2 is 1.77 bits per heavy atom. The fourth-order valence-electron chi connectivity index (χ4n) is 2.75. The zero-order valence-electron chi connectivity index (χ0n) is 12.8. The van der Waals surface area contributed by atoms with Gasteiger partial charge in [-0.05, 0) is 42.5 Å². The van der Waals surface area contributed by atoms with Crippen molar-refractivity contribution in [2.24, 2.45) is 0 Å². The van der Waals surface area contributed by atoms with Crippen molar-refractivity contribution in [3.8, 4) is 5.75 Å². The number of hydrogen-bond acceptors (Lipinski definition) is 2. The lowest BCUT2D eigenvalue weighted by Gasteiger charge is -2.18. The van der Waals surface area contributed by atoms with E-state index in [4.69, 9.17) is 4.74 Å². The summed E-state index contributed by atoms with van der Waals surface area (Å²) in [6.07, 6.45) is 3.33. The van der Waals surface area contributed by atoms with Crippen LogP contribution < -0.4 is 10.1 Å². The van der Waals surface area contributed by atoms with Crippen LogP contribution in [0.2, 0.25) is 0 Å². The lowest BCUT2D eigenvalue weighted by atomic mass is 10.0. The van der Waals surface area contributed by atoms with Gasteiger partial charge in [-0.2, -0.15) is 0 Å². The van der Waals surface area contributed by atoms with Crippen molar-refractivity contribution in [1.29, 1.82) is 0 Å². The van der Waals surface area contributed by atoms with Crippen LogP contribution in [0.1, 0.15) is 30.4 Å². The SMILES string of the molecule is COc1ccc(C2(NC(=O)CCc3ccccc3)CC2)cc1. The molecule has 1 amide bonds. The number of aryl methyl sites for hydroxylation is 1. The van der Waals surface area contributed by atoms with Crippen LogP contribution in [-0.4, -0.2) is 13.0 Å². The number of carbonyl (C=O) groups excluding carboxylic acids is 1. The first-order chi connectivity index (χ1) is 10.7. The van der Waals surface area contributed by atoms with Crippen molar-refractivity contribution in [3.63, 3.8) is 0 Å². The van der Waals surface area contributed by atoms with Crippen molar-refractivity contribution < 1.29 is 9.53 Å². The molecule has 3 rings (SSSR count). The Bertz CT molecular complexity index is 630. The van der Waals surface area contributed by atoms with E-state index in [1.807, 2.05) is 42.5 Å². The van der Waals surface area contributed by atoms with Gasteiger partial charge in [0.1, 0.15) is 5.75 Å². The van der Waals surface area contributed by atoms with E-state index in [0.717, 1.165) is 25.0 Å². The van der Waals surface area contributed by atoms with Crippen molar-refractivity contribution in [2.75, 3.05) is 7.11 Å². The first kappa shape index (κ1) is 14.6. The molecule has 0 aliphatic heterocycles. The third-order valence-corrected chi connectivity index (χ3v) is 4.25. The summed E-state index contributed by atoms with van der Waals surface area (Å²) in [4.78, 5) is 12.2. The number of benzene rings is 2. The van der Waals surface area contributed by atoms with Crippen molar-refractivity contribution in [1.82, 2.24) is 5.32 Å². The fraction of sp³-hybridized carbons (Fsp3) is 0.316. The van der Waals surface area contributed by atoms with Crippen LogP contribution >= 0.6 is 0 Å². The molecule has 0 heterocycles. The fourth-order valence-corrected chi connectivity index (χ4v) is 2.75. The lowest BCUT2D eigenvalue weighted by Crippen LogP contribution is -2.34. The molecule has 3 nitrogen and oxygen atoms in total. The van der Waals surface area contributed by atoms with Crippen molar-refractivity contribution in [3.05, 3.63) is 65.7 Å². The van der Waals surface area contributed by atoms with Gasteiger partial charge in [-0.3, -0.25) is 4.79 Å². The highest BCUT2D eigenvalue weighted by Gasteiger charge is 2.45. The molecule has 0 bridgehead atoms. The van der Waals surface area contributed by atoms with Crippen LogP contribution in [0.15, 0.2) is 54.6 Å². The maximum atomic E-state index is 12.2. The van der Waals surface area contributed by atoms with Crippen LogP contribution in [0.4, 0.5) is 0 Å².